The molecule has 0 aliphatic carbocycles. The van der Waals surface area contributed by atoms with Crippen molar-refractivity contribution in [2.75, 3.05) is 64.1 Å². The Hall–Kier alpha value is -4.75. The topological polar surface area (TPSA) is 208 Å². The molecular weight excluding hydrogens is 1350 g/mol. The minimum Gasteiger partial charge on any atom is -0.497 e. The summed E-state index contributed by atoms with van der Waals surface area (Å²) < 4.78 is 121. The number of ether oxygens (including phenoxy) is 7. The second kappa shape index (κ2) is 27.1. The number of carbonyl (C=O) groups is 4. The van der Waals surface area contributed by atoms with E-state index in [0.29, 0.717) is 25.0 Å². The zero-order chi connectivity index (χ0) is 66.4. The lowest BCUT2D eigenvalue weighted by Gasteiger charge is -2.44. The molecule has 0 fully saturated rings. The molecule has 492 valence electrons. The Morgan fingerprint density at radius 2 is 1.10 bits per heavy atom. The van der Waals surface area contributed by atoms with E-state index < -0.39 is 119 Å². The first-order valence-corrected chi connectivity index (χ1v) is 37.3. The number of methoxy groups -OCH3 is 3. The third kappa shape index (κ3) is 16.4. The third-order valence-corrected chi connectivity index (χ3v) is 26.7. The van der Waals surface area contributed by atoms with Crippen LogP contribution in [0.5, 0.6) is 28.7 Å². The number of anilines is 2. The molecule has 0 spiro atoms. The maximum absolute atomic E-state index is 15.0. The van der Waals surface area contributed by atoms with Gasteiger partial charge in [0.15, 0.2) is 52.1 Å². The Labute approximate surface area is 547 Å². The monoisotopic (exact) mass is 1420 g/mol. The largest absolute Gasteiger partial charge is 0.534 e. The zero-order valence-corrected chi connectivity index (χ0v) is 58.4. The van der Waals surface area contributed by atoms with Gasteiger partial charge >= 0.3 is 27.8 Å². The number of nitrogens with zero attached hydrogens (tertiary/aromatic N) is 4. The predicted molar refractivity (Wildman–Crippen MR) is 338 cm³/mol. The number of fused-ring (bicyclic) bond motifs is 4. The van der Waals surface area contributed by atoms with Gasteiger partial charge in [-0.25, -0.2) is 19.4 Å². The van der Waals surface area contributed by atoms with E-state index in [-0.39, 0.29) is 70.2 Å². The summed E-state index contributed by atoms with van der Waals surface area (Å²) in [6.45, 7) is 17.3. The molecule has 32 heteroatoms. The normalized spacial score (nSPS) is 19.3. The number of hydrogen-bond donors (Lipinski definition) is 0. The van der Waals surface area contributed by atoms with Crippen LogP contribution in [0, 0.1) is 0 Å². The van der Waals surface area contributed by atoms with Crippen molar-refractivity contribution in [3.63, 3.8) is 0 Å². The van der Waals surface area contributed by atoms with E-state index in [4.69, 9.17) is 112 Å². The minimum atomic E-state index is -6.21. The highest BCUT2D eigenvalue weighted by atomic mass is 35.6. The lowest BCUT2D eigenvalue weighted by atomic mass is 10.0. The summed E-state index contributed by atoms with van der Waals surface area (Å²) in [6.07, 6.45) is -0.680. The van der Waals surface area contributed by atoms with Gasteiger partial charge in [0.05, 0.1) is 75.7 Å². The molecule has 89 heavy (non-hydrogen) atoms. The molecule has 3 aromatic rings. The van der Waals surface area contributed by atoms with E-state index in [2.05, 4.69) is 4.18 Å². The number of hydrogen-bond acceptors (Lipinski definition) is 16. The fraction of sp³-hybridized carbons (Fsp3) is 0.544. The van der Waals surface area contributed by atoms with Gasteiger partial charge in [0, 0.05) is 18.3 Å². The van der Waals surface area contributed by atoms with Crippen molar-refractivity contribution in [3.05, 3.63) is 83.3 Å². The summed E-state index contributed by atoms with van der Waals surface area (Å²) >= 11 is 36.4. The van der Waals surface area contributed by atoms with Gasteiger partial charge in [-0.1, -0.05) is 123 Å². The van der Waals surface area contributed by atoms with E-state index in [1.807, 2.05) is 92.0 Å². The molecule has 0 saturated carbocycles. The Morgan fingerprint density at radius 1 is 0.640 bits per heavy atom. The predicted octanol–water partition coefficient (Wildman–Crippen LogP) is 14.5. The zero-order valence-electron chi connectivity index (χ0n) is 51.1. The number of amides is 4. The molecule has 20 nitrogen and oxygen atoms in total. The first kappa shape index (κ1) is 71.7. The number of carbonyl (C=O) groups excluding carboxylic acids is 4. The molecule has 0 radical (unpaired) electrons. The third-order valence-electron chi connectivity index (χ3n) is 16.1. The van der Waals surface area contributed by atoms with Gasteiger partial charge in [0.1, 0.15) is 24.7 Å². The smallest absolute Gasteiger partial charge is 0.497 e. The SMILES string of the molecule is COc1ccc(C2=CN3C(=O)c4cc(OC)c(OCCCCCOc5cc6c(cc5OC)C(=O)N5CC(OS(=O)(=O)C(F)(F)F)=C[C@H]5[C@H](O[Si](C)(C)C(C)(C)C)N6C(=O)OCC(Cl)(Cl)Cl)cc4N(C(=O)OCC(Cl)(Cl)Cl)[C@H](O[Si](C)(C)C(C)(C)C)[C@@H]3C2)cc1. The van der Waals surface area contributed by atoms with Crippen LogP contribution in [0.15, 0.2) is 66.6 Å². The van der Waals surface area contributed by atoms with E-state index in [0.717, 1.165) is 27.0 Å². The summed E-state index contributed by atoms with van der Waals surface area (Å²) in [5.41, 5.74) is -4.47. The molecule has 0 bridgehead atoms. The van der Waals surface area contributed by atoms with Gasteiger partial charge in [0.25, 0.3) is 11.8 Å². The van der Waals surface area contributed by atoms with Crippen molar-refractivity contribution in [1.82, 2.24) is 9.80 Å². The average molecular weight is 1430 g/mol. The average Bonchev–Trinajstić information content (AvgIpc) is 1.79. The van der Waals surface area contributed by atoms with Gasteiger partial charge in [0.2, 0.25) is 7.59 Å². The van der Waals surface area contributed by atoms with Crippen molar-refractivity contribution in [2.45, 2.75) is 141 Å². The van der Waals surface area contributed by atoms with E-state index in [9.17, 15) is 36.0 Å². The Balaban J connectivity index is 1.17. The lowest BCUT2D eigenvalue weighted by molar-refractivity contribution is -0.0523. The highest BCUT2D eigenvalue weighted by Crippen LogP contribution is 2.49. The van der Waals surface area contributed by atoms with Crippen molar-refractivity contribution >= 4 is 137 Å². The lowest BCUT2D eigenvalue weighted by Crippen LogP contribution is -2.58. The van der Waals surface area contributed by atoms with Crippen LogP contribution in [0.3, 0.4) is 0 Å². The molecule has 4 atom stereocenters. The molecule has 0 N–H and O–H groups in total. The van der Waals surface area contributed by atoms with Crippen LogP contribution in [0.1, 0.15) is 93.5 Å². The van der Waals surface area contributed by atoms with Gasteiger partial charge in [-0.2, -0.15) is 21.6 Å². The van der Waals surface area contributed by atoms with E-state index >= 15 is 4.79 Å². The molecule has 4 heterocycles. The summed E-state index contributed by atoms with van der Waals surface area (Å²) in [5, 5.41) is -0.965. The number of benzene rings is 3. The highest BCUT2D eigenvalue weighted by Gasteiger charge is 2.55. The molecule has 4 aliphatic rings. The number of alkyl halides is 9. The molecule has 4 aliphatic heterocycles. The van der Waals surface area contributed by atoms with Crippen molar-refractivity contribution < 1.29 is 87.0 Å². The van der Waals surface area contributed by atoms with E-state index in [1.165, 1.54) is 43.4 Å². The molecule has 3 aromatic carbocycles. The molecule has 0 saturated heterocycles. The Morgan fingerprint density at radius 3 is 1.54 bits per heavy atom. The molecule has 0 aromatic heterocycles. The number of rotatable bonds is 20. The maximum Gasteiger partial charge on any atom is 0.534 e. The van der Waals surface area contributed by atoms with Crippen LogP contribution < -0.4 is 33.5 Å². The molecule has 4 amide bonds. The second-order valence-electron chi connectivity index (χ2n) is 24.3. The first-order chi connectivity index (χ1) is 41.0. The van der Waals surface area contributed by atoms with Crippen LogP contribution >= 0.6 is 69.6 Å². The summed E-state index contributed by atoms with van der Waals surface area (Å²) in [4.78, 5) is 63.8. The molecule has 0 unspecified atom stereocenters. The van der Waals surface area contributed by atoms with E-state index in [1.54, 1.807) is 18.2 Å². The van der Waals surface area contributed by atoms with Crippen LogP contribution in [-0.2, 0) is 32.6 Å². The van der Waals surface area contributed by atoms with Crippen LogP contribution in [0.4, 0.5) is 34.1 Å². The molecule has 7 rings (SSSR count). The first-order valence-electron chi connectivity index (χ1n) is 27.8. The van der Waals surface area contributed by atoms with Crippen LogP contribution in [0.25, 0.3) is 5.57 Å². The van der Waals surface area contributed by atoms with Gasteiger partial charge in [-0.05, 0) is 103 Å². The minimum absolute atomic E-state index is 0.0104. The quantitative estimate of drug-likeness (QED) is 0.0339. The second-order valence-corrected chi connectivity index (χ2v) is 40.4. The molecular formula is C57H71Cl6F3N4O16SSi2. The Kier molecular flexibility index (Phi) is 21.8. The number of halogens is 9. The fourth-order valence-electron chi connectivity index (χ4n) is 9.44. The summed E-state index contributed by atoms with van der Waals surface area (Å²) in [5.74, 6) is -1.12. The van der Waals surface area contributed by atoms with Gasteiger partial charge in [-0.3, -0.25) is 9.59 Å². The van der Waals surface area contributed by atoms with Crippen molar-refractivity contribution in [3.8, 4) is 28.7 Å². The van der Waals surface area contributed by atoms with Crippen molar-refractivity contribution in [2.24, 2.45) is 0 Å². The maximum atomic E-state index is 15.0. The van der Waals surface area contributed by atoms with Crippen molar-refractivity contribution in [1.29, 1.82) is 0 Å². The standard InChI is InChI=1S/C57H71Cl6F3N4O16SSi2/c1-53(2,3)88(10,11)85-49-41-23-34(33-17-19-35(77-7)20-18-33)29-67(41)47(71)37-25-43(78-8)45(27-39(37)69(49)51(73)82-31-55(58,59)60)80-21-15-14-16-22-81-46-28-40-38(26-44(46)79-9)48(72)68-30-36(84-87(75,76)57(64,65)66)24-42(68)50(86-89(12,13)54(4,5)6)70(40)52(74)83-32-56(61,62)63/h17-20,24-29,41-42,49-50H,14-16,21-23,30-32H2,1-13H3/t41-,42-,49+,50-/m0/s1. The van der Waals surface area contributed by atoms with Crippen LogP contribution in [-0.4, -0.2) is 151 Å². The summed E-state index contributed by atoms with van der Waals surface area (Å²) in [6, 6.07) is 10.7. The summed E-state index contributed by atoms with van der Waals surface area (Å²) in [7, 11) is -7.84. The van der Waals surface area contributed by atoms with Gasteiger partial charge < -0.3 is 56.0 Å². The number of unbranched alkanes of at least 4 members (excludes halogenated alkanes) is 2. The van der Waals surface area contributed by atoms with Gasteiger partial charge in [-0.15, -0.1) is 0 Å². The fourth-order valence-corrected chi connectivity index (χ4v) is 12.7. The highest BCUT2D eigenvalue weighted by molar-refractivity contribution is 7.87. The van der Waals surface area contributed by atoms with Crippen LogP contribution in [0.2, 0.25) is 36.3 Å². The Bertz CT molecular complexity index is 3340.